The van der Waals surface area contributed by atoms with Gasteiger partial charge in [0.2, 0.25) is 0 Å². The van der Waals surface area contributed by atoms with Crippen molar-refractivity contribution in [1.82, 2.24) is 5.32 Å². The maximum Gasteiger partial charge on any atom is 0.260 e. The highest BCUT2D eigenvalue weighted by molar-refractivity contribution is 5.81. The number of aliphatic hydroxyl groups excluding tert-OH is 1. The lowest BCUT2D eigenvalue weighted by Gasteiger charge is -2.20. The molecule has 4 nitrogen and oxygen atoms in total. The van der Waals surface area contributed by atoms with Gasteiger partial charge in [0.25, 0.3) is 5.91 Å². The Hall–Kier alpha value is -1.55. The maximum atomic E-state index is 12.0. The van der Waals surface area contributed by atoms with Gasteiger partial charge in [-0.2, -0.15) is 0 Å². The molecule has 0 saturated heterocycles. The molecule has 0 aliphatic heterocycles. The lowest BCUT2D eigenvalue weighted by Crippen LogP contribution is -2.41. The maximum absolute atomic E-state index is 12.0. The van der Waals surface area contributed by atoms with Crippen LogP contribution in [0.15, 0.2) is 24.3 Å². The van der Waals surface area contributed by atoms with Crippen molar-refractivity contribution < 1.29 is 14.6 Å². The third kappa shape index (κ3) is 4.53. The predicted molar refractivity (Wildman–Crippen MR) is 79.7 cm³/mol. The summed E-state index contributed by atoms with van der Waals surface area (Å²) >= 11 is 0. The van der Waals surface area contributed by atoms with Crippen LogP contribution >= 0.6 is 0 Å². The van der Waals surface area contributed by atoms with E-state index in [1.54, 1.807) is 13.0 Å². The molecule has 0 bridgehead atoms. The van der Waals surface area contributed by atoms with Gasteiger partial charge in [-0.1, -0.05) is 32.0 Å². The molecular weight excluding hydrogens is 254 g/mol. The van der Waals surface area contributed by atoms with Gasteiger partial charge < -0.3 is 15.2 Å². The van der Waals surface area contributed by atoms with Crippen molar-refractivity contribution in [2.24, 2.45) is 0 Å². The zero-order valence-electron chi connectivity index (χ0n) is 12.7. The molecule has 2 N–H and O–H groups in total. The molecule has 0 fully saturated rings. The molecule has 1 rings (SSSR count). The van der Waals surface area contributed by atoms with Gasteiger partial charge in [0.15, 0.2) is 6.10 Å². The standard InChI is InChI=1S/C16H25NO3/c1-5-11(3)17-16(19)12(4)20-15-10-8-7-9-13(15)14(18)6-2/h7-12,14,18H,5-6H2,1-4H3,(H,17,19)/t11?,12?,14-/m1/s1. The van der Waals surface area contributed by atoms with Gasteiger partial charge in [-0.3, -0.25) is 4.79 Å². The highest BCUT2D eigenvalue weighted by Crippen LogP contribution is 2.27. The summed E-state index contributed by atoms with van der Waals surface area (Å²) in [5.41, 5.74) is 0.721. The van der Waals surface area contributed by atoms with Crippen LogP contribution in [0.3, 0.4) is 0 Å². The molecule has 2 unspecified atom stereocenters. The number of amides is 1. The van der Waals surface area contributed by atoms with E-state index in [0.29, 0.717) is 12.2 Å². The third-order valence-electron chi connectivity index (χ3n) is 3.34. The van der Waals surface area contributed by atoms with Crippen LogP contribution < -0.4 is 10.1 Å². The first kappa shape index (κ1) is 16.5. The number of hydrogen-bond donors (Lipinski definition) is 2. The van der Waals surface area contributed by atoms with Gasteiger partial charge >= 0.3 is 0 Å². The van der Waals surface area contributed by atoms with Crippen LogP contribution in [-0.2, 0) is 4.79 Å². The van der Waals surface area contributed by atoms with Crippen LogP contribution in [0.4, 0.5) is 0 Å². The van der Waals surface area contributed by atoms with Crippen molar-refractivity contribution in [3.63, 3.8) is 0 Å². The lowest BCUT2D eigenvalue weighted by molar-refractivity contribution is -0.127. The Balaban J connectivity index is 2.75. The quantitative estimate of drug-likeness (QED) is 0.807. The van der Waals surface area contributed by atoms with Crippen LogP contribution in [0.2, 0.25) is 0 Å². The monoisotopic (exact) mass is 279 g/mol. The molecule has 0 radical (unpaired) electrons. The lowest BCUT2D eigenvalue weighted by atomic mass is 10.1. The highest BCUT2D eigenvalue weighted by Gasteiger charge is 2.19. The van der Waals surface area contributed by atoms with Crippen molar-refractivity contribution in [3.05, 3.63) is 29.8 Å². The fourth-order valence-corrected chi connectivity index (χ4v) is 1.79. The molecule has 0 heterocycles. The Bertz CT molecular complexity index is 433. The molecule has 1 aromatic carbocycles. The Morgan fingerprint density at radius 3 is 2.50 bits per heavy atom. The van der Waals surface area contributed by atoms with Gasteiger partial charge in [0.1, 0.15) is 5.75 Å². The Morgan fingerprint density at radius 1 is 1.25 bits per heavy atom. The number of carbonyl (C=O) groups excluding carboxylic acids is 1. The van der Waals surface area contributed by atoms with E-state index in [4.69, 9.17) is 4.74 Å². The highest BCUT2D eigenvalue weighted by atomic mass is 16.5. The van der Waals surface area contributed by atoms with Crippen LogP contribution in [0.5, 0.6) is 5.75 Å². The van der Waals surface area contributed by atoms with Gasteiger partial charge in [-0.25, -0.2) is 0 Å². The van der Waals surface area contributed by atoms with Crippen LogP contribution in [-0.4, -0.2) is 23.2 Å². The molecule has 20 heavy (non-hydrogen) atoms. The van der Waals surface area contributed by atoms with Gasteiger partial charge in [-0.15, -0.1) is 0 Å². The number of nitrogens with one attached hydrogen (secondary N) is 1. The van der Waals surface area contributed by atoms with Gasteiger partial charge in [0.05, 0.1) is 6.10 Å². The van der Waals surface area contributed by atoms with Crippen LogP contribution in [0.25, 0.3) is 0 Å². The zero-order chi connectivity index (χ0) is 15.1. The smallest absolute Gasteiger partial charge is 0.260 e. The molecule has 0 aromatic heterocycles. The Labute approximate surface area is 121 Å². The first-order valence-electron chi connectivity index (χ1n) is 7.23. The van der Waals surface area contributed by atoms with Crippen molar-refractivity contribution in [1.29, 1.82) is 0 Å². The fourth-order valence-electron chi connectivity index (χ4n) is 1.79. The fraction of sp³-hybridized carbons (Fsp3) is 0.562. The summed E-state index contributed by atoms with van der Waals surface area (Å²) in [5.74, 6) is 0.425. The molecule has 112 valence electrons. The first-order chi connectivity index (χ1) is 9.49. The topological polar surface area (TPSA) is 58.6 Å². The number of carbonyl (C=O) groups is 1. The summed E-state index contributed by atoms with van der Waals surface area (Å²) < 4.78 is 5.70. The van der Waals surface area contributed by atoms with E-state index in [1.807, 2.05) is 39.0 Å². The predicted octanol–water partition coefficient (Wildman–Crippen LogP) is 2.81. The Morgan fingerprint density at radius 2 is 1.90 bits per heavy atom. The SMILES string of the molecule is CCC(C)NC(=O)C(C)Oc1ccccc1[C@H](O)CC. The van der Waals surface area contributed by atoms with E-state index in [2.05, 4.69) is 5.32 Å². The normalized spacial score (nSPS) is 15.2. The minimum absolute atomic E-state index is 0.130. The number of aliphatic hydroxyl groups is 1. The van der Waals surface area contributed by atoms with Crippen LogP contribution in [0.1, 0.15) is 52.2 Å². The molecule has 0 spiro atoms. The van der Waals surface area contributed by atoms with Gasteiger partial charge in [0, 0.05) is 11.6 Å². The number of rotatable bonds is 7. The minimum Gasteiger partial charge on any atom is -0.481 e. The summed E-state index contributed by atoms with van der Waals surface area (Å²) in [6, 6.07) is 7.42. The first-order valence-corrected chi connectivity index (χ1v) is 7.23. The molecule has 0 aliphatic carbocycles. The summed E-state index contributed by atoms with van der Waals surface area (Å²) in [6.45, 7) is 7.59. The summed E-state index contributed by atoms with van der Waals surface area (Å²) in [6.07, 6.45) is 0.322. The molecule has 1 aromatic rings. The van der Waals surface area contributed by atoms with E-state index in [1.165, 1.54) is 0 Å². The average molecular weight is 279 g/mol. The number of ether oxygens (including phenoxy) is 1. The number of benzene rings is 1. The molecule has 0 saturated carbocycles. The number of hydrogen-bond acceptors (Lipinski definition) is 3. The second-order valence-electron chi connectivity index (χ2n) is 5.04. The van der Waals surface area contributed by atoms with Crippen LogP contribution in [0, 0.1) is 0 Å². The van der Waals surface area contributed by atoms with Crippen molar-refractivity contribution in [3.8, 4) is 5.75 Å². The average Bonchev–Trinajstić information content (AvgIpc) is 2.46. The van der Waals surface area contributed by atoms with Gasteiger partial charge in [-0.05, 0) is 32.8 Å². The van der Waals surface area contributed by atoms with E-state index >= 15 is 0 Å². The summed E-state index contributed by atoms with van der Waals surface area (Å²) in [4.78, 5) is 12.0. The zero-order valence-corrected chi connectivity index (χ0v) is 12.7. The molecule has 1 amide bonds. The van der Waals surface area contributed by atoms with Crippen molar-refractivity contribution >= 4 is 5.91 Å². The second-order valence-corrected chi connectivity index (χ2v) is 5.04. The van der Waals surface area contributed by atoms with E-state index in [9.17, 15) is 9.90 Å². The van der Waals surface area contributed by atoms with Crippen molar-refractivity contribution in [2.45, 2.75) is 58.8 Å². The molecule has 4 heteroatoms. The summed E-state index contributed by atoms with van der Waals surface area (Å²) in [7, 11) is 0. The van der Waals surface area contributed by atoms with E-state index < -0.39 is 12.2 Å². The van der Waals surface area contributed by atoms with E-state index in [-0.39, 0.29) is 11.9 Å². The van der Waals surface area contributed by atoms with E-state index in [0.717, 1.165) is 12.0 Å². The largest absolute Gasteiger partial charge is 0.481 e. The summed E-state index contributed by atoms with van der Waals surface area (Å²) in [5, 5.41) is 12.9. The second kappa shape index (κ2) is 7.90. The number of para-hydroxylation sites is 1. The third-order valence-corrected chi connectivity index (χ3v) is 3.34. The van der Waals surface area contributed by atoms with Crippen molar-refractivity contribution in [2.75, 3.05) is 0 Å². The Kier molecular flexibility index (Phi) is 6.52. The minimum atomic E-state index is -0.589. The molecule has 3 atom stereocenters. The molecular formula is C16H25NO3. The molecule has 0 aliphatic rings.